The number of alkyl halides is 3. The van der Waals surface area contributed by atoms with E-state index in [0.717, 1.165) is 30.2 Å². The van der Waals surface area contributed by atoms with Gasteiger partial charge in [-0.3, -0.25) is 4.90 Å². The number of rotatable bonds is 7. The molecule has 3 aromatic rings. The van der Waals surface area contributed by atoms with Gasteiger partial charge < -0.3 is 19.9 Å². The number of halogens is 3. The summed E-state index contributed by atoms with van der Waals surface area (Å²) in [5.41, 5.74) is 2.51. The molecule has 218 valence electrons. The largest absolute Gasteiger partial charge is 0.495 e. The van der Waals surface area contributed by atoms with Gasteiger partial charge >= 0.3 is 6.18 Å². The van der Waals surface area contributed by atoms with Crippen LogP contribution in [0.5, 0.6) is 5.75 Å². The lowest BCUT2D eigenvalue weighted by atomic mass is 9.60. The van der Waals surface area contributed by atoms with Crippen LogP contribution in [-0.4, -0.2) is 67.6 Å². The zero-order chi connectivity index (χ0) is 29.2. The fourth-order valence-electron chi connectivity index (χ4n) is 7.13. The highest BCUT2D eigenvalue weighted by molar-refractivity contribution is 7.90. The number of hydrogen-bond donors (Lipinski definition) is 2. The lowest BCUT2D eigenvalue weighted by Crippen LogP contribution is -2.80. The highest BCUT2D eigenvalue weighted by Crippen LogP contribution is 2.56. The summed E-state index contributed by atoms with van der Waals surface area (Å²) in [5.74, 6) is 6.17. The van der Waals surface area contributed by atoms with Crippen LogP contribution in [0.1, 0.15) is 38.3 Å². The number of nitrogens with zero attached hydrogens (tertiary/aromatic N) is 2. The normalized spacial score (nSPS) is 25.4. The molecule has 2 unspecified atom stereocenters. The monoisotopic (exact) mass is 586 g/mol. The van der Waals surface area contributed by atoms with Gasteiger partial charge in [0.2, 0.25) is 0 Å². The lowest BCUT2D eigenvalue weighted by Gasteiger charge is -2.72. The fraction of sp³-hybridized carbons (Fsp3) is 0.467. The quantitative estimate of drug-likeness (QED) is 0.368. The van der Waals surface area contributed by atoms with Crippen molar-refractivity contribution in [3.8, 4) is 17.6 Å². The number of methoxy groups -OCH3 is 1. The summed E-state index contributed by atoms with van der Waals surface area (Å²) in [5, 5.41) is 7.44. The van der Waals surface area contributed by atoms with E-state index >= 15 is 0 Å². The number of sulfone groups is 1. The second-order valence-electron chi connectivity index (χ2n) is 11.7. The predicted molar refractivity (Wildman–Crippen MR) is 153 cm³/mol. The van der Waals surface area contributed by atoms with Gasteiger partial charge in [0.15, 0.2) is 9.84 Å². The highest BCUT2D eigenvalue weighted by Gasteiger charge is 2.62. The van der Waals surface area contributed by atoms with Crippen molar-refractivity contribution < 1.29 is 26.3 Å². The van der Waals surface area contributed by atoms with E-state index in [9.17, 15) is 21.6 Å². The maximum absolute atomic E-state index is 13.6. The minimum atomic E-state index is -4.41. The highest BCUT2D eigenvalue weighted by atomic mass is 32.2. The summed E-state index contributed by atoms with van der Waals surface area (Å²) in [6.07, 6.45) is 1.22. The van der Waals surface area contributed by atoms with Gasteiger partial charge in [-0.15, -0.1) is 0 Å². The number of ether oxygens (including phenoxy) is 1. The van der Waals surface area contributed by atoms with Crippen molar-refractivity contribution in [1.82, 2.24) is 9.47 Å². The van der Waals surface area contributed by atoms with Crippen LogP contribution in [0.4, 0.5) is 24.5 Å². The van der Waals surface area contributed by atoms with Crippen LogP contribution in [0.2, 0.25) is 0 Å². The molecule has 0 amide bonds. The molecule has 3 aliphatic rings. The Kier molecular flexibility index (Phi) is 6.70. The van der Waals surface area contributed by atoms with Gasteiger partial charge in [0.05, 0.1) is 35.4 Å². The van der Waals surface area contributed by atoms with Crippen LogP contribution in [-0.2, 0) is 16.4 Å². The van der Waals surface area contributed by atoms with Gasteiger partial charge in [0.1, 0.15) is 12.3 Å². The molecular weight excluding hydrogens is 553 g/mol. The van der Waals surface area contributed by atoms with Crippen LogP contribution in [0.3, 0.4) is 0 Å². The second-order valence-corrected chi connectivity index (χ2v) is 13.7. The molecule has 3 aliphatic heterocycles. The summed E-state index contributed by atoms with van der Waals surface area (Å²) in [7, 11) is -1.97. The van der Waals surface area contributed by atoms with Crippen LogP contribution < -0.4 is 15.4 Å². The predicted octanol–water partition coefficient (Wildman–Crippen LogP) is 5.26. The number of anilines is 2. The van der Waals surface area contributed by atoms with E-state index in [0.29, 0.717) is 34.6 Å². The van der Waals surface area contributed by atoms with Gasteiger partial charge in [0, 0.05) is 47.1 Å². The van der Waals surface area contributed by atoms with Crippen molar-refractivity contribution in [1.29, 1.82) is 0 Å². The molecule has 2 N–H and O–H groups in total. The molecule has 2 atom stereocenters. The maximum Gasteiger partial charge on any atom is 0.406 e. The molecule has 3 fully saturated rings. The Morgan fingerprint density at radius 2 is 1.83 bits per heavy atom. The number of fused-ring (bicyclic) bond motifs is 1. The molecule has 2 aromatic carbocycles. The lowest BCUT2D eigenvalue weighted by molar-refractivity contribution is -0.210. The van der Waals surface area contributed by atoms with Crippen LogP contribution >= 0.6 is 0 Å². The first kappa shape index (κ1) is 27.8. The molecule has 0 bridgehead atoms. The Labute approximate surface area is 238 Å². The Morgan fingerprint density at radius 3 is 2.46 bits per heavy atom. The van der Waals surface area contributed by atoms with Crippen molar-refractivity contribution in [3.63, 3.8) is 0 Å². The van der Waals surface area contributed by atoms with Crippen LogP contribution in [0.15, 0.2) is 47.4 Å². The van der Waals surface area contributed by atoms with E-state index in [1.807, 2.05) is 6.07 Å². The van der Waals surface area contributed by atoms with E-state index in [-0.39, 0.29) is 23.2 Å². The van der Waals surface area contributed by atoms with Crippen LogP contribution in [0.25, 0.3) is 10.9 Å². The third-order valence-electron chi connectivity index (χ3n) is 8.70. The minimum absolute atomic E-state index is 0.119. The summed E-state index contributed by atoms with van der Waals surface area (Å²) in [4.78, 5) is 2.76. The molecule has 7 nitrogen and oxygen atoms in total. The zero-order valence-electron chi connectivity index (χ0n) is 23.2. The van der Waals surface area contributed by atoms with Crippen molar-refractivity contribution in [2.75, 3.05) is 30.5 Å². The topological polar surface area (TPSA) is 75.6 Å². The number of aromatic nitrogens is 1. The molecule has 3 saturated heterocycles. The third-order valence-corrected chi connectivity index (χ3v) is 9.81. The molecular formula is C30H33F3N4O3S. The van der Waals surface area contributed by atoms with Gasteiger partial charge in [0.25, 0.3) is 0 Å². The van der Waals surface area contributed by atoms with Crippen molar-refractivity contribution in [2.24, 2.45) is 0 Å². The molecule has 4 heterocycles. The number of nitrogens with one attached hydrogen (secondary N) is 2. The van der Waals surface area contributed by atoms with Crippen molar-refractivity contribution in [3.05, 3.63) is 48.2 Å². The van der Waals surface area contributed by atoms with Gasteiger partial charge in [-0.1, -0.05) is 12.0 Å². The molecule has 0 radical (unpaired) electrons. The summed E-state index contributed by atoms with van der Waals surface area (Å²) >= 11 is 0. The third kappa shape index (κ3) is 5.24. The minimum Gasteiger partial charge on any atom is -0.495 e. The molecule has 0 saturated carbocycles. The zero-order valence-corrected chi connectivity index (χ0v) is 24.0. The molecule has 0 spiro atoms. The first-order valence-electron chi connectivity index (χ1n) is 13.7. The average molecular weight is 587 g/mol. The number of piperidine rings is 2. The van der Waals surface area contributed by atoms with E-state index < -0.39 is 22.6 Å². The standard InChI is InChI=1S/C30H33F3N4O3S/c1-29-16-21-12-19(13-22(17-29)37(21)29)35-25-7-4-8-27-24(25)14-20(36(27)18-30(31,32)33)6-5-11-34-26-10-9-23(41(3,38)39)15-28(26)40-2/h4,7-10,14-15,19,21-22,34-35H,11-13,16-18H2,1-3H3. The maximum atomic E-state index is 13.6. The second kappa shape index (κ2) is 9.88. The van der Waals surface area contributed by atoms with Crippen molar-refractivity contribution in [2.45, 2.75) is 73.9 Å². The first-order valence-corrected chi connectivity index (χ1v) is 15.6. The van der Waals surface area contributed by atoms with Crippen LogP contribution in [0, 0.1) is 11.8 Å². The fourth-order valence-corrected chi connectivity index (χ4v) is 7.77. The average Bonchev–Trinajstić information content (AvgIpc) is 3.21. The van der Waals surface area contributed by atoms with E-state index in [4.69, 9.17) is 4.74 Å². The summed E-state index contributed by atoms with van der Waals surface area (Å²) in [6, 6.07) is 13.1. The molecule has 1 aromatic heterocycles. The first-order chi connectivity index (χ1) is 19.3. The molecule has 0 aliphatic carbocycles. The molecule has 11 heteroatoms. The van der Waals surface area contributed by atoms with Crippen molar-refractivity contribution >= 4 is 32.1 Å². The van der Waals surface area contributed by atoms with E-state index in [2.05, 4.69) is 34.3 Å². The smallest absolute Gasteiger partial charge is 0.406 e. The Morgan fingerprint density at radius 1 is 1.10 bits per heavy atom. The Hall–Kier alpha value is -3.36. The number of hydrogen-bond acceptors (Lipinski definition) is 6. The molecule has 41 heavy (non-hydrogen) atoms. The summed E-state index contributed by atoms with van der Waals surface area (Å²) < 4.78 is 71.1. The SMILES string of the molecule is COc1cc(S(C)(=O)=O)ccc1NCC#Cc1cc2c(NC3CC4CC5(C)CC(C3)N45)cccc2n1CC(F)(F)F. The Bertz CT molecular complexity index is 1660. The molecule has 6 rings (SSSR count). The van der Waals surface area contributed by atoms with Gasteiger partial charge in [-0.05, 0) is 68.9 Å². The van der Waals surface area contributed by atoms with Gasteiger partial charge in [-0.2, -0.15) is 13.2 Å². The Balaban J connectivity index is 1.23. The van der Waals surface area contributed by atoms with E-state index in [1.165, 1.54) is 36.7 Å². The number of benzene rings is 2. The van der Waals surface area contributed by atoms with E-state index in [1.54, 1.807) is 24.3 Å². The summed E-state index contributed by atoms with van der Waals surface area (Å²) in [6.45, 7) is 1.31. The van der Waals surface area contributed by atoms with Gasteiger partial charge in [-0.25, -0.2) is 8.42 Å².